The topological polar surface area (TPSA) is 78.4 Å². The van der Waals surface area contributed by atoms with Crippen LogP contribution in [-0.2, 0) is 4.79 Å². The molecule has 3 N–H and O–H groups in total. The van der Waals surface area contributed by atoms with Crippen molar-refractivity contribution in [1.82, 2.24) is 5.32 Å². The predicted molar refractivity (Wildman–Crippen MR) is 85.3 cm³/mol. The number of halogens is 1. The molecule has 2 rings (SSSR count). The first-order valence-electron chi connectivity index (χ1n) is 6.59. The van der Waals surface area contributed by atoms with Gasteiger partial charge in [0.2, 0.25) is 5.91 Å². The zero-order valence-corrected chi connectivity index (χ0v) is 12.6. The van der Waals surface area contributed by atoms with E-state index in [1.54, 1.807) is 37.3 Å². The number of aryl methyl sites for hydroxylation is 1. The fraction of sp³-hybridized carbons (Fsp3) is 0.125. The van der Waals surface area contributed by atoms with Crippen molar-refractivity contribution in [3.63, 3.8) is 0 Å². The van der Waals surface area contributed by atoms with E-state index in [9.17, 15) is 14.7 Å². The summed E-state index contributed by atoms with van der Waals surface area (Å²) in [7, 11) is 0. The Bertz CT molecular complexity index is 716. The highest BCUT2D eigenvalue weighted by Crippen LogP contribution is 2.19. The van der Waals surface area contributed by atoms with Crippen LogP contribution < -0.4 is 10.6 Å². The SMILES string of the molecule is Cc1cc(NC(=O)CNC(=O)c2cccc(Cl)c2)ccc1O. The van der Waals surface area contributed by atoms with Gasteiger partial charge in [0.05, 0.1) is 6.54 Å². The number of amides is 2. The fourth-order valence-corrected chi connectivity index (χ4v) is 2.02. The molecule has 0 atom stereocenters. The van der Waals surface area contributed by atoms with Gasteiger partial charge < -0.3 is 15.7 Å². The van der Waals surface area contributed by atoms with Crippen LogP contribution in [0.5, 0.6) is 5.75 Å². The molecule has 0 aliphatic rings. The lowest BCUT2D eigenvalue weighted by atomic mass is 10.2. The van der Waals surface area contributed by atoms with Crippen molar-refractivity contribution in [3.05, 3.63) is 58.6 Å². The van der Waals surface area contributed by atoms with Crippen LogP contribution >= 0.6 is 11.6 Å². The summed E-state index contributed by atoms with van der Waals surface area (Å²) in [5, 5.41) is 15.0. The summed E-state index contributed by atoms with van der Waals surface area (Å²) in [6.07, 6.45) is 0. The number of rotatable bonds is 4. The molecule has 0 spiro atoms. The second-order valence-electron chi connectivity index (χ2n) is 4.74. The van der Waals surface area contributed by atoms with Gasteiger partial charge in [-0.05, 0) is 48.9 Å². The molecule has 0 aliphatic carbocycles. The number of hydrogen-bond donors (Lipinski definition) is 3. The molecule has 22 heavy (non-hydrogen) atoms. The van der Waals surface area contributed by atoms with Crippen molar-refractivity contribution in [3.8, 4) is 5.75 Å². The first-order valence-corrected chi connectivity index (χ1v) is 6.97. The minimum atomic E-state index is -0.375. The van der Waals surface area contributed by atoms with Crippen LogP contribution in [0.25, 0.3) is 0 Å². The van der Waals surface area contributed by atoms with E-state index in [-0.39, 0.29) is 24.1 Å². The lowest BCUT2D eigenvalue weighted by Crippen LogP contribution is -2.32. The molecule has 0 aliphatic heterocycles. The summed E-state index contributed by atoms with van der Waals surface area (Å²) < 4.78 is 0. The smallest absolute Gasteiger partial charge is 0.251 e. The maximum Gasteiger partial charge on any atom is 0.251 e. The number of aromatic hydroxyl groups is 1. The second kappa shape index (κ2) is 6.95. The van der Waals surface area contributed by atoms with Gasteiger partial charge in [0, 0.05) is 16.3 Å². The van der Waals surface area contributed by atoms with Gasteiger partial charge in [-0.25, -0.2) is 0 Å². The van der Waals surface area contributed by atoms with Crippen molar-refractivity contribution in [1.29, 1.82) is 0 Å². The fourth-order valence-electron chi connectivity index (χ4n) is 1.83. The van der Waals surface area contributed by atoms with Crippen molar-refractivity contribution >= 4 is 29.1 Å². The van der Waals surface area contributed by atoms with E-state index in [4.69, 9.17) is 11.6 Å². The average Bonchev–Trinajstić information content (AvgIpc) is 2.48. The number of carbonyl (C=O) groups is 2. The Hall–Kier alpha value is -2.53. The van der Waals surface area contributed by atoms with Gasteiger partial charge in [0.1, 0.15) is 5.75 Å². The van der Waals surface area contributed by atoms with Gasteiger partial charge in [-0.1, -0.05) is 17.7 Å². The van der Waals surface area contributed by atoms with Crippen LogP contribution in [0.4, 0.5) is 5.69 Å². The van der Waals surface area contributed by atoms with E-state index in [0.29, 0.717) is 21.8 Å². The molecule has 0 saturated heterocycles. The van der Waals surface area contributed by atoms with E-state index in [2.05, 4.69) is 10.6 Å². The van der Waals surface area contributed by atoms with E-state index in [1.807, 2.05) is 0 Å². The van der Waals surface area contributed by atoms with Crippen LogP contribution in [0.1, 0.15) is 15.9 Å². The average molecular weight is 319 g/mol. The molecular weight excluding hydrogens is 304 g/mol. The van der Waals surface area contributed by atoms with E-state index in [1.165, 1.54) is 12.1 Å². The minimum Gasteiger partial charge on any atom is -0.508 e. The third kappa shape index (κ3) is 4.23. The van der Waals surface area contributed by atoms with Gasteiger partial charge in [-0.2, -0.15) is 0 Å². The third-order valence-corrected chi connectivity index (χ3v) is 3.21. The van der Waals surface area contributed by atoms with Crippen molar-refractivity contribution in [2.24, 2.45) is 0 Å². The summed E-state index contributed by atoms with van der Waals surface area (Å²) in [5.74, 6) is -0.577. The van der Waals surface area contributed by atoms with Gasteiger partial charge in [0.25, 0.3) is 5.91 Å². The van der Waals surface area contributed by atoms with Gasteiger partial charge >= 0.3 is 0 Å². The Morgan fingerprint density at radius 1 is 1.18 bits per heavy atom. The Kier molecular flexibility index (Phi) is 5.01. The zero-order valence-electron chi connectivity index (χ0n) is 11.9. The predicted octanol–water partition coefficient (Wildman–Crippen LogP) is 2.72. The van der Waals surface area contributed by atoms with Crippen LogP contribution in [-0.4, -0.2) is 23.5 Å². The number of phenols is 1. The highest BCUT2D eigenvalue weighted by Gasteiger charge is 2.09. The first-order chi connectivity index (χ1) is 10.5. The number of benzene rings is 2. The highest BCUT2D eigenvalue weighted by atomic mass is 35.5. The van der Waals surface area contributed by atoms with Crippen molar-refractivity contribution in [2.75, 3.05) is 11.9 Å². The summed E-state index contributed by atoms with van der Waals surface area (Å²) in [4.78, 5) is 23.7. The lowest BCUT2D eigenvalue weighted by molar-refractivity contribution is -0.115. The quantitative estimate of drug-likeness (QED) is 0.758. The minimum absolute atomic E-state index is 0.159. The maximum absolute atomic E-state index is 11.9. The zero-order chi connectivity index (χ0) is 16.1. The lowest BCUT2D eigenvalue weighted by Gasteiger charge is -2.08. The Balaban J connectivity index is 1.90. The Morgan fingerprint density at radius 2 is 1.95 bits per heavy atom. The molecule has 0 unspecified atom stereocenters. The van der Waals surface area contributed by atoms with Gasteiger partial charge in [0.15, 0.2) is 0 Å². The molecule has 2 aromatic rings. The van der Waals surface area contributed by atoms with Crippen LogP contribution in [0, 0.1) is 6.92 Å². The molecule has 2 aromatic carbocycles. The molecule has 6 heteroatoms. The molecule has 0 saturated carbocycles. The van der Waals surface area contributed by atoms with E-state index >= 15 is 0 Å². The largest absolute Gasteiger partial charge is 0.508 e. The number of hydrogen-bond acceptors (Lipinski definition) is 3. The van der Waals surface area contributed by atoms with Gasteiger partial charge in [-0.15, -0.1) is 0 Å². The molecule has 2 amide bonds. The standard InChI is InChI=1S/C16H15ClN2O3/c1-10-7-13(5-6-14(10)20)19-15(21)9-18-16(22)11-3-2-4-12(17)8-11/h2-8,20H,9H2,1H3,(H,18,22)(H,19,21). The van der Waals surface area contributed by atoms with E-state index < -0.39 is 0 Å². The highest BCUT2D eigenvalue weighted by molar-refractivity contribution is 6.31. The summed E-state index contributed by atoms with van der Waals surface area (Å²) in [5.41, 5.74) is 1.60. The molecule has 0 fully saturated rings. The number of carbonyl (C=O) groups excluding carboxylic acids is 2. The summed E-state index contributed by atoms with van der Waals surface area (Å²) in [6.45, 7) is 1.57. The number of phenolic OH excluding ortho intramolecular Hbond substituents is 1. The third-order valence-electron chi connectivity index (χ3n) is 2.98. The van der Waals surface area contributed by atoms with E-state index in [0.717, 1.165) is 0 Å². The second-order valence-corrected chi connectivity index (χ2v) is 5.18. The van der Waals surface area contributed by atoms with Gasteiger partial charge in [-0.3, -0.25) is 9.59 Å². The van der Waals surface area contributed by atoms with Crippen LogP contribution in [0.15, 0.2) is 42.5 Å². The normalized spacial score (nSPS) is 10.1. The van der Waals surface area contributed by atoms with Crippen molar-refractivity contribution in [2.45, 2.75) is 6.92 Å². The summed E-state index contributed by atoms with van der Waals surface area (Å²) >= 11 is 5.81. The molecule has 114 valence electrons. The molecule has 0 aromatic heterocycles. The summed E-state index contributed by atoms with van der Waals surface area (Å²) in [6, 6.07) is 11.2. The molecule has 0 bridgehead atoms. The Labute approximate surface area is 132 Å². The monoisotopic (exact) mass is 318 g/mol. The molecule has 0 heterocycles. The molecular formula is C16H15ClN2O3. The molecule has 0 radical (unpaired) electrons. The van der Waals surface area contributed by atoms with Crippen molar-refractivity contribution < 1.29 is 14.7 Å². The van der Waals surface area contributed by atoms with Crippen LogP contribution in [0.3, 0.4) is 0 Å². The number of nitrogens with one attached hydrogen (secondary N) is 2. The number of anilines is 1. The van der Waals surface area contributed by atoms with Crippen LogP contribution in [0.2, 0.25) is 5.02 Å². The molecule has 5 nitrogen and oxygen atoms in total. The first kappa shape index (κ1) is 15.9. The Morgan fingerprint density at radius 3 is 2.64 bits per heavy atom. The maximum atomic E-state index is 11.9.